The van der Waals surface area contributed by atoms with Gasteiger partial charge in [0.1, 0.15) is 10.6 Å². The summed E-state index contributed by atoms with van der Waals surface area (Å²) in [6.07, 6.45) is 0. The third kappa shape index (κ3) is 5.62. The minimum absolute atomic E-state index is 0. The molecule has 2 N–H and O–H groups in total. The van der Waals surface area contributed by atoms with Crippen molar-refractivity contribution in [1.29, 1.82) is 0 Å². The molecule has 0 aliphatic carbocycles. The van der Waals surface area contributed by atoms with Crippen molar-refractivity contribution < 1.29 is 17.9 Å². The lowest BCUT2D eigenvalue weighted by molar-refractivity contribution is 0.0950. The number of rotatable bonds is 8. The first-order valence-electron chi connectivity index (χ1n) is 7.36. The summed E-state index contributed by atoms with van der Waals surface area (Å²) in [6, 6.07) is 4.49. The van der Waals surface area contributed by atoms with Gasteiger partial charge in [0.05, 0.1) is 7.11 Å². The molecule has 24 heavy (non-hydrogen) atoms. The Balaban J connectivity index is 0.00000529. The number of carbonyl (C=O) groups is 1. The Bertz CT molecular complexity index is 650. The summed E-state index contributed by atoms with van der Waals surface area (Å²) < 4.78 is 30.9. The van der Waals surface area contributed by atoms with Crippen molar-refractivity contribution in [3.05, 3.63) is 23.8 Å². The molecular weight excluding hydrogens is 354 g/mol. The first-order chi connectivity index (χ1) is 10.7. The van der Waals surface area contributed by atoms with E-state index < -0.39 is 10.0 Å². The molecule has 0 spiro atoms. The zero-order valence-corrected chi connectivity index (χ0v) is 16.3. The van der Waals surface area contributed by atoms with Crippen LogP contribution in [0.5, 0.6) is 5.75 Å². The molecular formula is C15H26ClN3O4S. The number of benzene rings is 1. The number of halogens is 1. The lowest BCUT2D eigenvalue weighted by Gasteiger charge is -2.16. The molecule has 0 aromatic heterocycles. The van der Waals surface area contributed by atoms with E-state index in [9.17, 15) is 13.2 Å². The van der Waals surface area contributed by atoms with Gasteiger partial charge >= 0.3 is 0 Å². The molecule has 0 aliphatic heterocycles. The maximum atomic E-state index is 12.3. The fourth-order valence-electron chi connectivity index (χ4n) is 1.98. The van der Waals surface area contributed by atoms with Gasteiger partial charge in [0, 0.05) is 32.2 Å². The Morgan fingerprint density at radius 1 is 1.33 bits per heavy atom. The van der Waals surface area contributed by atoms with E-state index in [1.54, 1.807) is 6.07 Å². The highest BCUT2D eigenvalue weighted by molar-refractivity contribution is 7.89. The molecule has 0 heterocycles. The Morgan fingerprint density at radius 2 is 1.96 bits per heavy atom. The molecule has 7 nitrogen and oxygen atoms in total. The highest BCUT2D eigenvalue weighted by atomic mass is 35.5. The second-order valence-corrected chi connectivity index (χ2v) is 7.44. The van der Waals surface area contributed by atoms with E-state index in [0.717, 1.165) is 10.8 Å². The molecule has 0 bridgehead atoms. The lowest BCUT2D eigenvalue weighted by atomic mass is 10.2. The van der Waals surface area contributed by atoms with Gasteiger partial charge < -0.3 is 15.4 Å². The van der Waals surface area contributed by atoms with Gasteiger partial charge in [0.25, 0.3) is 5.91 Å². The van der Waals surface area contributed by atoms with Crippen LogP contribution in [0.4, 0.5) is 0 Å². The summed E-state index contributed by atoms with van der Waals surface area (Å²) >= 11 is 0. The summed E-state index contributed by atoms with van der Waals surface area (Å²) in [5, 5.41) is 5.96. The van der Waals surface area contributed by atoms with E-state index in [1.165, 1.54) is 33.3 Å². The van der Waals surface area contributed by atoms with Crippen LogP contribution in [0.1, 0.15) is 24.2 Å². The van der Waals surface area contributed by atoms with Crippen LogP contribution in [-0.2, 0) is 10.0 Å². The molecule has 1 aromatic carbocycles. The Morgan fingerprint density at radius 3 is 2.46 bits per heavy atom. The number of nitrogens with zero attached hydrogens (tertiary/aromatic N) is 1. The van der Waals surface area contributed by atoms with E-state index in [0.29, 0.717) is 6.54 Å². The predicted molar refractivity (Wildman–Crippen MR) is 96.6 cm³/mol. The van der Waals surface area contributed by atoms with Crippen molar-refractivity contribution in [2.75, 3.05) is 34.3 Å². The summed E-state index contributed by atoms with van der Waals surface area (Å²) in [7, 11) is 0.552. The highest BCUT2D eigenvalue weighted by Crippen LogP contribution is 2.26. The van der Waals surface area contributed by atoms with Crippen LogP contribution < -0.4 is 15.4 Å². The average Bonchev–Trinajstić information content (AvgIpc) is 2.52. The minimum Gasteiger partial charge on any atom is -0.495 e. The number of ether oxygens (including phenoxy) is 1. The van der Waals surface area contributed by atoms with Gasteiger partial charge in [0.15, 0.2) is 0 Å². The molecule has 1 atom stereocenters. The predicted octanol–water partition coefficient (Wildman–Crippen LogP) is 1.10. The summed E-state index contributed by atoms with van der Waals surface area (Å²) in [4.78, 5) is 12.2. The van der Waals surface area contributed by atoms with Gasteiger partial charge in [-0.15, -0.1) is 12.4 Å². The standard InChI is InChI=1S/C15H25N3O4S.ClH/c1-6-16-11(2)10-17-15(19)12-7-8-13(22-5)14(9-12)23(20,21)18(3)4;/h7-9,11,16H,6,10H2,1-5H3,(H,17,19);1H/t11-;/m1./s1. The fraction of sp³-hybridized carbons (Fsp3) is 0.533. The molecule has 9 heteroatoms. The van der Waals surface area contributed by atoms with E-state index >= 15 is 0 Å². The number of hydrogen-bond acceptors (Lipinski definition) is 5. The SMILES string of the molecule is CCN[C@H](C)CNC(=O)c1ccc(OC)c(S(=O)(=O)N(C)C)c1.Cl. The molecule has 0 saturated carbocycles. The van der Waals surface area contributed by atoms with Crippen LogP contribution >= 0.6 is 12.4 Å². The number of likely N-dealkylation sites (N-methyl/N-ethyl adjacent to an activating group) is 1. The van der Waals surface area contributed by atoms with Crippen LogP contribution in [0, 0.1) is 0 Å². The first kappa shape index (κ1) is 22.6. The quantitative estimate of drug-likeness (QED) is 0.706. The number of carbonyl (C=O) groups excluding carboxylic acids is 1. The Hall–Kier alpha value is -1.35. The Labute approximate surface area is 150 Å². The largest absolute Gasteiger partial charge is 0.495 e. The number of methoxy groups -OCH3 is 1. The maximum Gasteiger partial charge on any atom is 0.251 e. The second-order valence-electron chi connectivity index (χ2n) is 5.32. The van der Waals surface area contributed by atoms with Crippen molar-refractivity contribution >= 4 is 28.3 Å². The van der Waals surface area contributed by atoms with Crippen molar-refractivity contribution in [1.82, 2.24) is 14.9 Å². The summed E-state index contributed by atoms with van der Waals surface area (Å²) in [6.45, 7) is 5.21. The van der Waals surface area contributed by atoms with Crippen LogP contribution in [0.25, 0.3) is 0 Å². The first-order valence-corrected chi connectivity index (χ1v) is 8.80. The van der Waals surface area contributed by atoms with Crippen LogP contribution in [0.15, 0.2) is 23.1 Å². The monoisotopic (exact) mass is 379 g/mol. The average molecular weight is 380 g/mol. The molecule has 0 unspecified atom stereocenters. The van der Waals surface area contributed by atoms with Crippen molar-refractivity contribution in [3.8, 4) is 5.75 Å². The third-order valence-electron chi connectivity index (χ3n) is 3.31. The molecule has 0 aliphatic rings. The molecule has 0 radical (unpaired) electrons. The van der Waals surface area contributed by atoms with Gasteiger partial charge in [-0.1, -0.05) is 6.92 Å². The van der Waals surface area contributed by atoms with Gasteiger partial charge in [-0.2, -0.15) is 0 Å². The minimum atomic E-state index is -3.70. The molecule has 0 fully saturated rings. The van der Waals surface area contributed by atoms with E-state index in [2.05, 4.69) is 10.6 Å². The topological polar surface area (TPSA) is 87.7 Å². The van der Waals surface area contributed by atoms with E-state index in [-0.39, 0.29) is 40.6 Å². The zero-order valence-electron chi connectivity index (χ0n) is 14.6. The molecule has 1 aromatic rings. The van der Waals surface area contributed by atoms with Crippen LogP contribution in [0.3, 0.4) is 0 Å². The number of nitrogens with one attached hydrogen (secondary N) is 2. The molecule has 1 amide bonds. The van der Waals surface area contributed by atoms with Gasteiger partial charge in [-0.3, -0.25) is 4.79 Å². The molecule has 138 valence electrons. The van der Waals surface area contributed by atoms with E-state index in [4.69, 9.17) is 4.74 Å². The van der Waals surface area contributed by atoms with Crippen molar-refractivity contribution in [3.63, 3.8) is 0 Å². The van der Waals surface area contributed by atoms with Gasteiger partial charge in [-0.25, -0.2) is 12.7 Å². The molecule has 1 rings (SSSR count). The number of sulfonamides is 1. The Kier molecular flexibility index (Phi) is 9.27. The number of hydrogen-bond donors (Lipinski definition) is 2. The van der Waals surface area contributed by atoms with Gasteiger partial charge in [0.2, 0.25) is 10.0 Å². The normalized spacial score (nSPS) is 12.4. The lowest BCUT2D eigenvalue weighted by Crippen LogP contribution is -2.38. The van der Waals surface area contributed by atoms with Gasteiger partial charge in [-0.05, 0) is 31.7 Å². The van der Waals surface area contributed by atoms with E-state index in [1.807, 2.05) is 13.8 Å². The number of amides is 1. The summed E-state index contributed by atoms with van der Waals surface area (Å²) in [5.74, 6) is -0.121. The van der Waals surface area contributed by atoms with Crippen LogP contribution in [0.2, 0.25) is 0 Å². The van der Waals surface area contributed by atoms with Crippen LogP contribution in [-0.4, -0.2) is 59.0 Å². The van der Waals surface area contributed by atoms with Crippen molar-refractivity contribution in [2.24, 2.45) is 0 Å². The second kappa shape index (κ2) is 9.83. The smallest absolute Gasteiger partial charge is 0.251 e. The molecule has 0 saturated heterocycles. The summed E-state index contributed by atoms with van der Waals surface area (Å²) in [5.41, 5.74) is 0.273. The third-order valence-corrected chi connectivity index (χ3v) is 5.14. The fourth-order valence-corrected chi connectivity index (χ4v) is 3.06. The maximum absolute atomic E-state index is 12.3. The zero-order chi connectivity index (χ0) is 17.6. The highest BCUT2D eigenvalue weighted by Gasteiger charge is 2.23. The van der Waals surface area contributed by atoms with Crippen molar-refractivity contribution in [2.45, 2.75) is 24.8 Å².